The maximum Gasteiger partial charge on any atom is 0.269 e. The number of alkyl halides is 2. The summed E-state index contributed by atoms with van der Waals surface area (Å²) in [6.07, 6.45) is -2.99. The van der Waals surface area contributed by atoms with E-state index in [0.717, 1.165) is 7.11 Å². The van der Waals surface area contributed by atoms with Gasteiger partial charge in [-0.1, -0.05) is 0 Å². The number of methoxy groups -OCH3 is 1. The minimum absolute atomic E-state index is 0.510. The van der Waals surface area contributed by atoms with Crippen LogP contribution in [0.4, 0.5) is 8.78 Å². The maximum absolute atomic E-state index is 12.6. The third-order valence-electron chi connectivity index (χ3n) is 1.82. The fraction of sp³-hybridized carbons (Fsp3) is 0.250. The molecule has 9 heteroatoms. The number of rotatable bonds is 3. The predicted octanol–water partition coefficient (Wildman–Crippen LogP) is 0.547. The second-order valence-corrected chi connectivity index (χ2v) is 4.42. The lowest BCUT2D eigenvalue weighted by molar-refractivity contribution is 0.145. The van der Waals surface area contributed by atoms with Crippen LogP contribution in [-0.4, -0.2) is 20.5 Å². The molecule has 0 amide bonds. The highest BCUT2D eigenvalue weighted by molar-refractivity contribution is 7.89. The predicted molar refractivity (Wildman–Crippen MR) is 51.8 cm³/mol. The Labute approximate surface area is 95.7 Å². The second-order valence-electron chi connectivity index (χ2n) is 2.89. The minimum Gasteiger partial charge on any atom is -0.481 e. The molecule has 2 N–H and O–H groups in total. The zero-order valence-corrected chi connectivity index (χ0v) is 9.33. The van der Waals surface area contributed by atoms with Crippen LogP contribution in [-0.2, 0) is 10.0 Å². The average molecular weight is 263 g/mol. The molecule has 92 valence electrons. The number of hydrogen-bond acceptors (Lipinski definition) is 5. The summed E-state index contributed by atoms with van der Waals surface area (Å²) in [5.41, 5.74) is -1.33. The van der Waals surface area contributed by atoms with Gasteiger partial charge in [0.25, 0.3) is 6.43 Å². The van der Waals surface area contributed by atoms with Crippen LogP contribution in [0.3, 0.4) is 0 Å². The number of pyridine rings is 1. The summed E-state index contributed by atoms with van der Waals surface area (Å²) in [4.78, 5) is 2.62. The Morgan fingerprint density at radius 1 is 1.59 bits per heavy atom. The van der Waals surface area contributed by atoms with Crippen LogP contribution in [0, 0.1) is 11.3 Å². The van der Waals surface area contributed by atoms with Gasteiger partial charge in [-0.05, 0) is 6.07 Å². The van der Waals surface area contributed by atoms with Gasteiger partial charge in [-0.15, -0.1) is 0 Å². The van der Waals surface area contributed by atoms with Gasteiger partial charge >= 0.3 is 0 Å². The molecule has 1 aromatic heterocycles. The summed E-state index contributed by atoms with van der Waals surface area (Å²) in [5.74, 6) is -0.510. The van der Waals surface area contributed by atoms with Crippen LogP contribution < -0.4 is 9.88 Å². The van der Waals surface area contributed by atoms with Crippen molar-refractivity contribution in [1.29, 1.82) is 5.26 Å². The van der Waals surface area contributed by atoms with Gasteiger partial charge < -0.3 is 4.74 Å². The first-order valence-electron chi connectivity index (χ1n) is 4.11. The third kappa shape index (κ3) is 2.66. The Morgan fingerprint density at radius 3 is 2.53 bits per heavy atom. The van der Waals surface area contributed by atoms with Gasteiger partial charge in [0.1, 0.15) is 11.0 Å². The van der Waals surface area contributed by atoms with Crippen molar-refractivity contribution in [1.82, 2.24) is 4.98 Å². The van der Waals surface area contributed by atoms with E-state index in [0.29, 0.717) is 6.07 Å². The van der Waals surface area contributed by atoms with E-state index in [1.807, 2.05) is 0 Å². The summed E-state index contributed by atoms with van der Waals surface area (Å²) in [5, 5.41) is 13.4. The summed E-state index contributed by atoms with van der Waals surface area (Å²) < 4.78 is 51.9. The fourth-order valence-electron chi connectivity index (χ4n) is 1.11. The van der Waals surface area contributed by atoms with Crippen molar-refractivity contribution in [2.45, 2.75) is 11.3 Å². The quantitative estimate of drug-likeness (QED) is 0.856. The Morgan fingerprint density at radius 2 is 2.18 bits per heavy atom. The van der Waals surface area contributed by atoms with Gasteiger partial charge in [-0.3, -0.25) is 0 Å². The van der Waals surface area contributed by atoms with E-state index >= 15 is 0 Å². The number of primary sulfonamides is 1. The number of nitrogens with two attached hydrogens (primary N) is 1. The Kier molecular flexibility index (Phi) is 3.59. The van der Waals surface area contributed by atoms with Gasteiger partial charge in [-0.25, -0.2) is 27.3 Å². The maximum atomic E-state index is 12.6. The number of nitriles is 1. The van der Waals surface area contributed by atoms with Gasteiger partial charge in [0.05, 0.1) is 12.7 Å². The first-order chi connectivity index (χ1) is 7.81. The third-order valence-corrected chi connectivity index (χ3v) is 2.75. The molecule has 1 rings (SSSR count). The molecule has 0 aliphatic rings. The molecule has 0 aliphatic carbocycles. The molecule has 17 heavy (non-hydrogen) atoms. The molecule has 0 bridgehead atoms. The van der Waals surface area contributed by atoms with E-state index in [2.05, 4.69) is 9.72 Å². The van der Waals surface area contributed by atoms with Crippen LogP contribution in [0.1, 0.15) is 17.7 Å². The molecule has 1 heterocycles. The molecule has 0 radical (unpaired) electrons. The first-order valence-corrected chi connectivity index (χ1v) is 5.66. The van der Waals surface area contributed by atoms with Crippen LogP contribution in [0.5, 0.6) is 5.88 Å². The average Bonchev–Trinajstić information content (AvgIpc) is 2.25. The van der Waals surface area contributed by atoms with Crippen LogP contribution in [0.25, 0.3) is 0 Å². The summed E-state index contributed by atoms with van der Waals surface area (Å²) in [6.45, 7) is 0. The van der Waals surface area contributed by atoms with Crippen molar-refractivity contribution in [2.75, 3.05) is 7.11 Å². The van der Waals surface area contributed by atoms with E-state index in [1.54, 1.807) is 0 Å². The van der Waals surface area contributed by atoms with E-state index in [1.165, 1.54) is 6.07 Å². The molecule has 0 saturated carbocycles. The monoisotopic (exact) mass is 263 g/mol. The SMILES string of the molecule is COc1nc(C#N)c(S(N)(=O)=O)cc1C(F)F. The highest BCUT2D eigenvalue weighted by Crippen LogP contribution is 2.30. The number of aromatic nitrogens is 1. The first kappa shape index (κ1) is 13.3. The molecule has 0 spiro atoms. The highest BCUT2D eigenvalue weighted by atomic mass is 32.2. The fourth-order valence-corrected chi connectivity index (χ4v) is 1.76. The Balaban J connectivity index is 3.64. The van der Waals surface area contributed by atoms with Gasteiger partial charge in [0.2, 0.25) is 15.9 Å². The molecule has 0 aliphatic heterocycles. The second kappa shape index (κ2) is 4.60. The largest absolute Gasteiger partial charge is 0.481 e. The zero-order chi connectivity index (χ0) is 13.2. The van der Waals surface area contributed by atoms with Crippen molar-refractivity contribution in [2.24, 2.45) is 5.14 Å². The van der Waals surface area contributed by atoms with Crippen molar-refractivity contribution >= 4 is 10.0 Å². The Bertz CT molecular complexity index is 580. The van der Waals surface area contributed by atoms with Crippen molar-refractivity contribution in [3.05, 3.63) is 17.3 Å². The van der Waals surface area contributed by atoms with Gasteiger partial charge in [-0.2, -0.15) is 5.26 Å². The number of nitrogens with zero attached hydrogens (tertiary/aromatic N) is 2. The lowest BCUT2D eigenvalue weighted by atomic mass is 10.2. The van der Waals surface area contributed by atoms with Gasteiger partial charge in [0.15, 0.2) is 5.69 Å². The lowest BCUT2D eigenvalue weighted by Gasteiger charge is -2.09. The molecule has 6 nitrogen and oxygen atoms in total. The van der Waals surface area contributed by atoms with E-state index in [4.69, 9.17) is 10.4 Å². The van der Waals surface area contributed by atoms with Crippen molar-refractivity contribution < 1.29 is 21.9 Å². The zero-order valence-electron chi connectivity index (χ0n) is 8.52. The summed E-state index contributed by atoms with van der Waals surface area (Å²) in [7, 11) is -3.23. The van der Waals surface area contributed by atoms with Crippen molar-refractivity contribution in [3.63, 3.8) is 0 Å². The molecule has 0 aromatic carbocycles. The molecule has 0 atom stereocenters. The number of halogens is 2. The highest BCUT2D eigenvalue weighted by Gasteiger charge is 2.24. The molecular weight excluding hydrogens is 256 g/mol. The van der Waals surface area contributed by atoms with E-state index in [9.17, 15) is 17.2 Å². The topological polar surface area (TPSA) is 106 Å². The normalized spacial score (nSPS) is 11.3. The summed E-state index contributed by atoms with van der Waals surface area (Å²) >= 11 is 0. The summed E-state index contributed by atoms with van der Waals surface area (Å²) in [6, 6.07) is 2.04. The molecular formula is C8H7F2N3O3S. The lowest BCUT2D eigenvalue weighted by Crippen LogP contribution is -2.16. The molecule has 0 saturated heterocycles. The van der Waals surface area contributed by atoms with Gasteiger partial charge in [0, 0.05) is 0 Å². The smallest absolute Gasteiger partial charge is 0.269 e. The number of hydrogen-bond donors (Lipinski definition) is 1. The molecule has 1 aromatic rings. The number of sulfonamides is 1. The van der Waals surface area contributed by atoms with Crippen LogP contribution in [0.15, 0.2) is 11.0 Å². The van der Waals surface area contributed by atoms with E-state index in [-0.39, 0.29) is 0 Å². The standard InChI is InChI=1S/C8H7F2N3O3S/c1-16-8-4(7(9)10)2-6(17(12,14)15)5(3-11)13-8/h2,7H,1H3,(H2,12,14,15). The number of ether oxygens (including phenoxy) is 1. The Hall–Kier alpha value is -1.79. The van der Waals surface area contributed by atoms with Crippen LogP contribution in [0.2, 0.25) is 0 Å². The minimum atomic E-state index is -4.30. The van der Waals surface area contributed by atoms with Crippen molar-refractivity contribution in [3.8, 4) is 11.9 Å². The van der Waals surface area contributed by atoms with E-state index < -0.39 is 38.5 Å². The van der Waals surface area contributed by atoms with Crippen LogP contribution >= 0.6 is 0 Å². The molecule has 0 unspecified atom stereocenters. The molecule has 0 fully saturated rings.